The van der Waals surface area contributed by atoms with E-state index in [0.717, 1.165) is 11.1 Å². The molecule has 3 heterocycles. The standard InChI is InChI=1S/C17H12N4O2S/c18-5-10-4-12-13(19)15(24-17(12)21-16(10)20)14(22)8-1-2-9-6-23-7-11(9)3-8/h1-4H,6-7,19H2,(H2,20,21). The molecule has 0 unspecified atom stereocenters. The highest BCUT2D eigenvalue weighted by atomic mass is 32.1. The summed E-state index contributed by atoms with van der Waals surface area (Å²) in [7, 11) is 0. The van der Waals surface area contributed by atoms with E-state index in [9.17, 15) is 4.79 Å². The monoisotopic (exact) mass is 336 g/mol. The van der Waals surface area contributed by atoms with Crippen molar-refractivity contribution in [2.75, 3.05) is 11.5 Å². The fourth-order valence-corrected chi connectivity index (χ4v) is 3.80. The van der Waals surface area contributed by atoms with E-state index in [-0.39, 0.29) is 17.2 Å². The van der Waals surface area contributed by atoms with Crippen molar-refractivity contribution < 1.29 is 9.53 Å². The van der Waals surface area contributed by atoms with Crippen molar-refractivity contribution in [3.8, 4) is 6.07 Å². The summed E-state index contributed by atoms with van der Waals surface area (Å²) < 4.78 is 5.38. The fraction of sp³-hybridized carbons (Fsp3) is 0.118. The summed E-state index contributed by atoms with van der Waals surface area (Å²) >= 11 is 1.19. The van der Waals surface area contributed by atoms with E-state index in [1.165, 1.54) is 11.3 Å². The molecule has 0 saturated heterocycles. The van der Waals surface area contributed by atoms with Gasteiger partial charge in [-0.3, -0.25) is 4.79 Å². The van der Waals surface area contributed by atoms with Gasteiger partial charge in [0.2, 0.25) is 5.78 Å². The zero-order valence-electron chi connectivity index (χ0n) is 12.5. The van der Waals surface area contributed by atoms with Crippen LogP contribution >= 0.6 is 11.3 Å². The second kappa shape index (κ2) is 5.30. The number of nitrogen functional groups attached to an aromatic ring is 2. The molecule has 3 aromatic rings. The second-order valence-electron chi connectivity index (χ2n) is 5.54. The van der Waals surface area contributed by atoms with Crippen LogP contribution in [0.1, 0.15) is 31.9 Å². The zero-order chi connectivity index (χ0) is 16.8. The van der Waals surface area contributed by atoms with Crippen molar-refractivity contribution in [3.63, 3.8) is 0 Å². The fourth-order valence-electron chi connectivity index (χ4n) is 2.76. The molecule has 0 bridgehead atoms. The molecular weight excluding hydrogens is 324 g/mol. The first-order valence-corrected chi connectivity index (χ1v) is 8.03. The molecule has 0 spiro atoms. The Morgan fingerprint density at radius 1 is 1.25 bits per heavy atom. The second-order valence-corrected chi connectivity index (χ2v) is 6.54. The first kappa shape index (κ1) is 14.6. The number of nitrogens with two attached hydrogens (primary N) is 2. The van der Waals surface area contributed by atoms with Crippen LogP contribution < -0.4 is 11.5 Å². The number of nitriles is 1. The minimum Gasteiger partial charge on any atom is -0.397 e. The molecule has 0 saturated carbocycles. The number of ketones is 1. The number of benzene rings is 1. The van der Waals surface area contributed by atoms with Crippen molar-refractivity contribution in [1.82, 2.24) is 4.98 Å². The van der Waals surface area contributed by atoms with Gasteiger partial charge in [-0.25, -0.2) is 4.98 Å². The number of aromatic nitrogens is 1. The van der Waals surface area contributed by atoms with E-state index in [0.29, 0.717) is 39.6 Å². The Balaban J connectivity index is 1.83. The van der Waals surface area contributed by atoms with Gasteiger partial charge < -0.3 is 16.2 Å². The predicted molar refractivity (Wildman–Crippen MR) is 91.5 cm³/mol. The Bertz CT molecular complexity index is 1050. The molecule has 0 amide bonds. The van der Waals surface area contributed by atoms with Crippen LogP contribution in [-0.4, -0.2) is 10.8 Å². The number of carbonyl (C=O) groups is 1. The molecule has 6 nitrogen and oxygen atoms in total. The van der Waals surface area contributed by atoms with Crippen LogP contribution in [0.3, 0.4) is 0 Å². The van der Waals surface area contributed by atoms with Gasteiger partial charge in [-0.05, 0) is 23.3 Å². The molecule has 0 radical (unpaired) electrons. The summed E-state index contributed by atoms with van der Waals surface area (Å²) in [5, 5.41) is 9.65. The van der Waals surface area contributed by atoms with E-state index < -0.39 is 0 Å². The van der Waals surface area contributed by atoms with Crippen LogP contribution in [-0.2, 0) is 18.0 Å². The molecule has 0 atom stereocenters. The molecule has 1 aliphatic heterocycles. The number of pyridine rings is 1. The van der Waals surface area contributed by atoms with Gasteiger partial charge in [-0.2, -0.15) is 5.26 Å². The average molecular weight is 336 g/mol. The minimum atomic E-state index is -0.165. The number of carbonyl (C=O) groups excluding carboxylic acids is 1. The van der Waals surface area contributed by atoms with Gasteiger partial charge in [0.1, 0.15) is 21.6 Å². The topological polar surface area (TPSA) is 115 Å². The summed E-state index contributed by atoms with van der Waals surface area (Å²) in [4.78, 5) is 18.0. The molecule has 2 aromatic heterocycles. The molecular formula is C17H12N4O2S. The Hall–Kier alpha value is -2.95. The van der Waals surface area contributed by atoms with E-state index in [1.54, 1.807) is 12.1 Å². The van der Waals surface area contributed by atoms with Crippen molar-refractivity contribution in [3.05, 3.63) is 51.4 Å². The Kier molecular flexibility index (Phi) is 3.23. The molecule has 0 fully saturated rings. The first-order valence-electron chi connectivity index (χ1n) is 7.21. The van der Waals surface area contributed by atoms with Crippen molar-refractivity contribution >= 4 is 38.8 Å². The molecule has 1 aromatic carbocycles. The number of hydrogen-bond donors (Lipinski definition) is 2. The first-order chi connectivity index (χ1) is 11.6. The molecule has 24 heavy (non-hydrogen) atoms. The van der Waals surface area contributed by atoms with Crippen LogP contribution in [0.5, 0.6) is 0 Å². The van der Waals surface area contributed by atoms with Crippen molar-refractivity contribution in [2.45, 2.75) is 13.2 Å². The lowest BCUT2D eigenvalue weighted by molar-refractivity contribution is 0.104. The lowest BCUT2D eigenvalue weighted by Crippen LogP contribution is -2.03. The van der Waals surface area contributed by atoms with Gasteiger partial charge in [-0.15, -0.1) is 11.3 Å². The highest BCUT2D eigenvalue weighted by molar-refractivity contribution is 7.21. The maximum atomic E-state index is 12.8. The lowest BCUT2D eigenvalue weighted by Gasteiger charge is -2.03. The van der Waals surface area contributed by atoms with E-state index in [1.807, 2.05) is 18.2 Å². The highest BCUT2D eigenvalue weighted by Crippen LogP contribution is 2.36. The Morgan fingerprint density at radius 3 is 2.83 bits per heavy atom. The third-order valence-electron chi connectivity index (χ3n) is 4.06. The molecule has 4 N–H and O–H groups in total. The molecule has 118 valence electrons. The predicted octanol–water partition coefficient (Wildman–Crippen LogP) is 2.59. The van der Waals surface area contributed by atoms with Crippen LogP contribution in [0.25, 0.3) is 10.2 Å². The quantitative estimate of drug-likeness (QED) is 0.695. The van der Waals surface area contributed by atoms with Crippen LogP contribution in [0.15, 0.2) is 24.3 Å². The van der Waals surface area contributed by atoms with Gasteiger partial charge in [0.25, 0.3) is 0 Å². The lowest BCUT2D eigenvalue weighted by atomic mass is 10.0. The Labute approximate surface area is 141 Å². The van der Waals surface area contributed by atoms with Gasteiger partial charge in [-0.1, -0.05) is 12.1 Å². The maximum absolute atomic E-state index is 12.8. The summed E-state index contributed by atoms with van der Waals surface area (Å²) in [6.07, 6.45) is 0. The largest absolute Gasteiger partial charge is 0.397 e. The molecule has 4 rings (SSSR count). The van der Waals surface area contributed by atoms with Gasteiger partial charge in [0, 0.05) is 10.9 Å². The molecule has 7 heteroatoms. The van der Waals surface area contributed by atoms with Crippen molar-refractivity contribution in [1.29, 1.82) is 5.26 Å². The number of thiophene rings is 1. The highest BCUT2D eigenvalue weighted by Gasteiger charge is 2.21. The number of rotatable bonds is 2. The number of hydrogen-bond acceptors (Lipinski definition) is 7. The summed E-state index contributed by atoms with van der Waals surface area (Å²) in [5.74, 6) is -0.0257. The average Bonchev–Trinajstić information content (AvgIpc) is 3.17. The third-order valence-corrected chi connectivity index (χ3v) is 5.17. The van der Waals surface area contributed by atoms with Gasteiger partial charge >= 0.3 is 0 Å². The van der Waals surface area contributed by atoms with Gasteiger partial charge in [0.05, 0.1) is 24.5 Å². The molecule has 0 aliphatic carbocycles. The van der Waals surface area contributed by atoms with E-state index in [2.05, 4.69) is 4.98 Å². The Morgan fingerprint density at radius 2 is 2.04 bits per heavy atom. The normalized spacial score (nSPS) is 13.0. The smallest absolute Gasteiger partial charge is 0.205 e. The van der Waals surface area contributed by atoms with Crippen LogP contribution in [0.2, 0.25) is 0 Å². The third kappa shape index (κ3) is 2.12. The summed E-state index contributed by atoms with van der Waals surface area (Å²) in [5.41, 5.74) is 15.1. The van der Waals surface area contributed by atoms with Crippen LogP contribution in [0, 0.1) is 11.3 Å². The van der Waals surface area contributed by atoms with Crippen molar-refractivity contribution in [2.24, 2.45) is 0 Å². The summed E-state index contributed by atoms with van der Waals surface area (Å²) in [6.45, 7) is 1.09. The number of nitrogens with zero attached hydrogens (tertiary/aromatic N) is 2. The number of fused-ring (bicyclic) bond motifs is 2. The van der Waals surface area contributed by atoms with E-state index >= 15 is 0 Å². The number of ether oxygens (including phenoxy) is 1. The van der Waals surface area contributed by atoms with Gasteiger partial charge in [0.15, 0.2) is 0 Å². The summed E-state index contributed by atoms with van der Waals surface area (Å²) in [6, 6.07) is 9.09. The molecule has 1 aliphatic rings. The number of anilines is 2. The maximum Gasteiger partial charge on any atom is 0.205 e. The SMILES string of the molecule is N#Cc1cc2c(N)c(C(=O)c3ccc4c(c3)COC4)sc2nc1N. The van der Waals surface area contributed by atoms with E-state index in [4.69, 9.17) is 21.5 Å². The zero-order valence-corrected chi connectivity index (χ0v) is 13.3. The van der Waals surface area contributed by atoms with Crippen LogP contribution in [0.4, 0.5) is 11.5 Å². The minimum absolute atomic E-state index is 0.139.